The van der Waals surface area contributed by atoms with Gasteiger partial charge in [-0.1, -0.05) is 0 Å². The summed E-state index contributed by atoms with van der Waals surface area (Å²) >= 11 is 0. The molecule has 2 heterocycles. The number of nitrogens with two attached hydrogens (primary N) is 1. The Morgan fingerprint density at radius 3 is 2.73 bits per heavy atom. The van der Waals surface area contributed by atoms with Crippen LogP contribution in [0, 0.1) is 0 Å². The molecule has 0 radical (unpaired) electrons. The Labute approximate surface area is 67.9 Å². The maximum Gasteiger partial charge on any atom is 0.0333 e. The molecule has 3 N–H and O–H groups in total. The van der Waals surface area contributed by atoms with Crippen LogP contribution in [0.3, 0.4) is 0 Å². The Balaban J connectivity index is 1.83. The van der Waals surface area contributed by atoms with E-state index >= 15 is 0 Å². The topological polar surface area (TPSA) is 41.3 Å². The molecule has 0 aromatic carbocycles. The number of rotatable bonds is 2. The van der Waals surface area contributed by atoms with Crippen molar-refractivity contribution in [3.05, 3.63) is 0 Å². The lowest BCUT2D eigenvalue weighted by Gasteiger charge is -2.40. The van der Waals surface area contributed by atoms with Gasteiger partial charge in [-0.15, -0.1) is 0 Å². The SMILES string of the molecule is NCCN1CC[C@]2(CCN2)C1. The van der Waals surface area contributed by atoms with Crippen molar-refractivity contribution in [3.8, 4) is 0 Å². The van der Waals surface area contributed by atoms with Gasteiger partial charge in [-0.25, -0.2) is 0 Å². The van der Waals surface area contributed by atoms with Gasteiger partial charge in [0.15, 0.2) is 0 Å². The number of nitrogens with zero attached hydrogens (tertiary/aromatic N) is 1. The molecule has 0 aromatic rings. The molecule has 64 valence electrons. The highest BCUT2D eigenvalue weighted by atomic mass is 15.2. The van der Waals surface area contributed by atoms with Crippen molar-refractivity contribution in [3.63, 3.8) is 0 Å². The smallest absolute Gasteiger partial charge is 0.0333 e. The van der Waals surface area contributed by atoms with Gasteiger partial charge in [-0.3, -0.25) is 0 Å². The Hall–Kier alpha value is -0.120. The van der Waals surface area contributed by atoms with Gasteiger partial charge in [0, 0.05) is 31.7 Å². The molecule has 0 aliphatic carbocycles. The molecule has 0 saturated carbocycles. The minimum atomic E-state index is 0.509. The molecule has 2 aliphatic rings. The van der Waals surface area contributed by atoms with Crippen LogP contribution < -0.4 is 11.1 Å². The van der Waals surface area contributed by atoms with Crippen molar-refractivity contribution in [2.45, 2.75) is 18.4 Å². The summed E-state index contributed by atoms with van der Waals surface area (Å²) in [7, 11) is 0. The fourth-order valence-electron chi connectivity index (χ4n) is 2.16. The zero-order chi connectivity index (χ0) is 7.73. The van der Waals surface area contributed by atoms with E-state index in [0.29, 0.717) is 5.54 Å². The highest BCUT2D eigenvalue weighted by Gasteiger charge is 2.41. The fourth-order valence-corrected chi connectivity index (χ4v) is 2.16. The monoisotopic (exact) mass is 155 g/mol. The number of hydrogen-bond acceptors (Lipinski definition) is 3. The molecule has 1 atom stereocenters. The van der Waals surface area contributed by atoms with Gasteiger partial charge in [-0.2, -0.15) is 0 Å². The molecule has 2 fully saturated rings. The van der Waals surface area contributed by atoms with Crippen molar-refractivity contribution >= 4 is 0 Å². The lowest BCUT2D eigenvalue weighted by molar-refractivity contribution is 0.203. The molecule has 1 spiro atoms. The number of likely N-dealkylation sites (tertiary alicyclic amines) is 1. The zero-order valence-corrected chi connectivity index (χ0v) is 6.97. The Bertz CT molecular complexity index is 142. The van der Waals surface area contributed by atoms with E-state index in [1.165, 1.54) is 32.5 Å². The van der Waals surface area contributed by atoms with Gasteiger partial charge in [0.25, 0.3) is 0 Å². The van der Waals surface area contributed by atoms with Crippen LogP contribution in [0.1, 0.15) is 12.8 Å². The second kappa shape index (κ2) is 2.73. The molecule has 0 aromatic heterocycles. The molecule has 3 nitrogen and oxygen atoms in total. The van der Waals surface area contributed by atoms with E-state index in [-0.39, 0.29) is 0 Å². The van der Waals surface area contributed by atoms with E-state index in [1.807, 2.05) is 0 Å². The third kappa shape index (κ3) is 1.28. The van der Waals surface area contributed by atoms with Crippen LogP contribution in [0.15, 0.2) is 0 Å². The summed E-state index contributed by atoms with van der Waals surface area (Å²) in [5.41, 5.74) is 6.00. The quantitative estimate of drug-likeness (QED) is 0.558. The number of nitrogens with one attached hydrogen (secondary N) is 1. The van der Waals surface area contributed by atoms with E-state index in [0.717, 1.165) is 13.1 Å². The van der Waals surface area contributed by atoms with Crippen LogP contribution in [0.2, 0.25) is 0 Å². The summed E-state index contributed by atoms with van der Waals surface area (Å²) in [6, 6.07) is 0. The van der Waals surface area contributed by atoms with Gasteiger partial charge < -0.3 is 16.0 Å². The predicted octanol–water partition coefficient (Wildman–Crippen LogP) is -0.617. The first-order valence-electron chi connectivity index (χ1n) is 4.52. The first kappa shape index (κ1) is 7.53. The van der Waals surface area contributed by atoms with Crippen molar-refractivity contribution in [1.82, 2.24) is 10.2 Å². The molecule has 2 aliphatic heterocycles. The minimum absolute atomic E-state index is 0.509. The van der Waals surface area contributed by atoms with Crippen LogP contribution in [0.4, 0.5) is 0 Å². The van der Waals surface area contributed by atoms with Crippen LogP contribution in [0.5, 0.6) is 0 Å². The van der Waals surface area contributed by atoms with Gasteiger partial charge in [0.1, 0.15) is 0 Å². The van der Waals surface area contributed by atoms with Crippen LogP contribution >= 0.6 is 0 Å². The molecular formula is C8H17N3. The minimum Gasteiger partial charge on any atom is -0.329 e. The largest absolute Gasteiger partial charge is 0.329 e. The first-order valence-corrected chi connectivity index (χ1v) is 4.52. The van der Waals surface area contributed by atoms with Crippen LogP contribution in [-0.4, -0.2) is 43.2 Å². The molecule has 2 saturated heterocycles. The summed E-state index contributed by atoms with van der Waals surface area (Å²) in [6.07, 6.45) is 2.70. The summed E-state index contributed by atoms with van der Waals surface area (Å²) in [5, 5.41) is 3.53. The molecule has 11 heavy (non-hydrogen) atoms. The van der Waals surface area contributed by atoms with Crippen LogP contribution in [-0.2, 0) is 0 Å². The fraction of sp³-hybridized carbons (Fsp3) is 1.00. The zero-order valence-electron chi connectivity index (χ0n) is 6.97. The molecule has 0 unspecified atom stereocenters. The molecular weight excluding hydrogens is 138 g/mol. The average Bonchev–Trinajstić information content (AvgIpc) is 2.32. The van der Waals surface area contributed by atoms with Crippen molar-refractivity contribution < 1.29 is 0 Å². The van der Waals surface area contributed by atoms with E-state index in [9.17, 15) is 0 Å². The molecule has 2 rings (SSSR count). The van der Waals surface area contributed by atoms with E-state index in [2.05, 4.69) is 10.2 Å². The van der Waals surface area contributed by atoms with Gasteiger partial charge in [0.2, 0.25) is 0 Å². The summed E-state index contributed by atoms with van der Waals surface area (Å²) in [4.78, 5) is 2.46. The summed E-state index contributed by atoms with van der Waals surface area (Å²) < 4.78 is 0. The number of hydrogen-bond donors (Lipinski definition) is 2. The normalized spacial score (nSPS) is 37.9. The van der Waals surface area contributed by atoms with Crippen molar-refractivity contribution in [2.24, 2.45) is 5.73 Å². The first-order chi connectivity index (χ1) is 5.35. The predicted molar refractivity (Wildman–Crippen MR) is 45.5 cm³/mol. The van der Waals surface area contributed by atoms with Crippen molar-refractivity contribution in [1.29, 1.82) is 0 Å². The highest BCUT2D eigenvalue weighted by Crippen LogP contribution is 2.29. The van der Waals surface area contributed by atoms with Crippen molar-refractivity contribution in [2.75, 3.05) is 32.7 Å². The Morgan fingerprint density at radius 2 is 2.27 bits per heavy atom. The molecule has 3 heteroatoms. The van der Waals surface area contributed by atoms with Gasteiger partial charge >= 0.3 is 0 Å². The van der Waals surface area contributed by atoms with E-state index in [1.54, 1.807) is 0 Å². The summed E-state index contributed by atoms with van der Waals surface area (Å²) in [6.45, 7) is 5.56. The maximum absolute atomic E-state index is 5.49. The van der Waals surface area contributed by atoms with E-state index in [4.69, 9.17) is 5.73 Å². The van der Waals surface area contributed by atoms with Gasteiger partial charge in [-0.05, 0) is 19.4 Å². The Morgan fingerprint density at radius 1 is 1.45 bits per heavy atom. The second-order valence-corrected chi connectivity index (χ2v) is 3.77. The van der Waals surface area contributed by atoms with Crippen LogP contribution in [0.25, 0.3) is 0 Å². The third-order valence-corrected chi connectivity index (χ3v) is 2.98. The second-order valence-electron chi connectivity index (χ2n) is 3.77. The maximum atomic E-state index is 5.49. The lowest BCUT2D eigenvalue weighted by atomic mass is 9.87. The Kier molecular flexibility index (Phi) is 1.87. The molecule has 0 bridgehead atoms. The van der Waals surface area contributed by atoms with E-state index < -0.39 is 0 Å². The summed E-state index contributed by atoms with van der Waals surface area (Å²) in [5.74, 6) is 0. The highest BCUT2D eigenvalue weighted by molar-refractivity contribution is 5.03. The van der Waals surface area contributed by atoms with Gasteiger partial charge in [0.05, 0.1) is 0 Å². The standard InChI is InChI=1S/C8H17N3/c9-3-6-11-5-2-8(7-11)1-4-10-8/h10H,1-7,9H2/t8-/m1/s1. The lowest BCUT2D eigenvalue weighted by Crippen LogP contribution is -2.58. The third-order valence-electron chi connectivity index (χ3n) is 2.98. The average molecular weight is 155 g/mol. The molecule has 0 amide bonds.